The minimum Gasteiger partial charge on any atom is -0.539 e. The van der Waals surface area contributed by atoms with E-state index < -0.39 is 0 Å². The molecule has 138 valence electrons. The maximum absolute atomic E-state index is 9.02. The largest absolute Gasteiger partial charge is 0.539 e. The number of rotatable bonds is 11. The van der Waals surface area contributed by atoms with E-state index in [1.165, 1.54) is 73.2 Å². The highest BCUT2D eigenvalue weighted by atomic mass is 16.5. The summed E-state index contributed by atoms with van der Waals surface area (Å²) in [5.74, 6) is 0.718. The molecule has 3 aromatic rings. The Bertz CT molecular complexity index is 827. The summed E-state index contributed by atoms with van der Waals surface area (Å²) in [4.78, 5) is 0. The Hall–Kier alpha value is -1.94. The zero-order valence-corrected chi connectivity index (χ0v) is 15.9. The molecule has 1 aromatic heterocycles. The van der Waals surface area contributed by atoms with Gasteiger partial charge in [-0.2, -0.15) is 0 Å². The zero-order chi connectivity index (χ0) is 18.2. The molecule has 0 aliphatic heterocycles. The van der Waals surface area contributed by atoms with Gasteiger partial charge in [0.05, 0.1) is 0 Å². The molecule has 0 radical (unpaired) electrons. The molecule has 4 heteroatoms. The summed E-state index contributed by atoms with van der Waals surface area (Å²) in [6.45, 7) is 3.32. The molecule has 0 aliphatic carbocycles. The number of hydrogen-bond acceptors (Lipinski definition) is 2. The SMILES string of the molecule is CCCCCCCCCCn1c2ccccc2c2cc(OBO)ccc21. The van der Waals surface area contributed by atoms with Crippen LogP contribution in [0.1, 0.15) is 58.3 Å². The molecular formula is C22H30BNO2. The van der Waals surface area contributed by atoms with E-state index in [-0.39, 0.29) is 7.69 Å². The molecule has 0 spiro atoms. The van der Waals surface area contributed by atoms with Gasteiger partial charge in [0.15, 0.2) is 0 Å². The first-order valence-electron chi connectivity index (χ1n) is 10.1. The van der Waals surface area contributed by atoms with E-state index in [2.05, 4.69) is 41.8 Å². The highest BCUT2D eigenvalue weighted by Crippen LogP contribution is 2.32. The molecule has 0 atom stereocenters. The number of nitrogens with zero attached hydrogens (tertiary/aromatic N) is 1. The Balaban J connectivity index is 1.69. The van der Waals surface area contributed by atoms with Crippen molar-refractivity contribution in [3.63, 3.8) is 0 Å². The lowest BCUT2D eigenvalue weighted by molar-refractivity contribution is 0.454. The van der Waals surface area contributed by atoms with Crippen molar-refractivity contribution < 1.29 is 9.68 Å². The van der Waals surface area contributed by atoms with Crippen molar-refractivity contribution in [1.29, 1.82) is 0 Å². The normalized spacial score (nSPS) is 11.3. The molecule has 0 saturated carbocycles. The number of unbranched alkanes of at least 4 members (excludes halogenated alkanes) is 7. The van der Waals surface area contributed by atoms with Gasteiger partial charge in [-0.15, -0.1) is 0 Å². The second-order valence-electron chi connectivity index (χ2n) is 7.10. The van der Waals surface area contributed by atoms with Crippen LogP contribution < -0.4 is 4.65 Å². The van der Waals surface area contributed by atoms with Crippen LogP contribution in [0.15, 0.2) is 42.5 Å². The smallest absolute Gasteiger partial charge is 0.504 e. The minimum atomic E-state index is -0.289. The molecule has 0 fully saturated rings. The van der Waals surface area contributed by atoms with Gasteiger partial charge in [0.1, 0.15) is 5.75 Å². The van der Waals surface area contributed by atoms with Crippen LogP contribution in [0.5, 0.6) is 5.75 Å². The van der Waals surface area contributed by atoms with E-state index >= 15 is 0 Å². The highest BCUT2D eigenvalue weighted by Gasteiger charge is 2.11. The second kappa shape index (κ2) is 9.68. The number of fused-ring (bicyclic) bond motifs is 3. The first-order chi connectivity index (χ1) is 12.8. The molecule has 1 N–H and O–H groups in total. The van der Waals surface area contributed by atoms with Gasteiger partial charge in [-0.1, -0.05) is 70.1 Å². The van der Waals surface area contributed by atoms with E-state index in [1.807, 2.05) is 12.1 Å². The van der Waals surface area contributed by atoms with Crippen molar-refractivity contribution in [2.75, 3.05) is 0 Å². The monoisotopic (exact) mass is 351 g/mol. The van der Waals surface area contributed by atoms with Gasteiger partial charge in [-0.05, 0) is 30.7 Å². The van der Waals surface area contributed by atoms with Gasteiger partial charge >= 0.3 is 7.69 Å². The molecule has 0 bridgehead atoms. The second-order valence-corrected chi connectivity index (χ2v) is 7.10. The lowest BCUT2D eigenvalue weighted by atomic mass is 10.1. The van der Waals surface area contributed by atoms with Crippen LogP contribution in [0.4, 0.5) is 0 Å². The van der Waals surface area contributed by atoms with Crippen LogP contribution in [0.25, 0.3) is 21.8 Å². The molecule has 0 amide bonds. The van der Waals surface area contributed by atoms with Gasteiger partial charge in [-0.25, -0.2) is 0 Å². The van der Waals surface area contributed by atoms with Crippen LogP contribution in [-0.2, 0) is 6.54 Å². The highest BCUT2D eigenvalue weighted by molar-refractivity contribution is 6.17. The molecule has 3 rings (SSSR count). The molecule has 3 nitrogen and oxygen atoms in total. The predicted octanol–water partition coefficient (Wildman–Crippen LogP) is 5.57. The van der Waals surface area contributed by atoms with Crippen molar-refractivity contribution in [2.45, 2.75) is 64.8 Å². The molecule has 2 aromatic carbocycles. The predicted molar refractivity (Wildman–Crippen MR) is 112 cm³/mol. The molecular weight excluding hydrogens is 321 g/mol. The van der Waals surface area contributed by atoms with Crippen LogP contribution >= 0.6 is 0 Å². The quantitative estimate of drug-likeness (QED) is 0.362. The third-order valence-corrected chi connectivity index (χ3v) is 5.21. The Kier molecular flexibility index (Phi) is 7.01. The lowest BCUT2D eigenvalue weighted by Crippen LogP contribution is -2.00. The fourth-order valence-electron chi connectivity index (χ4n) is 3.84. The minimum absolute atomic E-state index is 0.289. The molecule has 0 aliphatic rings. The lowest BCUT2D eigenvalue weighted by Gasteiger charge is -2.08. The Labute approximate surface area is 157 Å². The van der Waals surface area contributed by atoms with Gasteiger partial charge in [0.25, 0.3) is 0 Å². The van der Waals surface area contributed by atoms with E-state index in [4.69, 9.17) is 9.68 Å². The fourth-order valence-corrected chi connectivity index (χ4v) is 3.84. The maximum atomic E-state index is 9.02. The Morgan fingerprint density at radius 2 is 1.54 bits per heavy atom. The van der Waals surface area contributed by atoms with Gasteiger partial charge in [-0.3, -0.25) is 0 Å². The topological polar surface area (TPSA) is 34.4 Å². The van der Waals surface area contributed by atoms with Crippen molar-refractivity contribution >= 4 is 29.5 Å². The fraction of sp³-hybridized carbons (Fsp3) is 0.455. The van der Waals surface area contributed by atoms with Gasteiger partial charge < -0.3 is 14.2 Å². The third kappa shape index (κ3) is 4.42. The van der Waals surface area contributed by atoms with Gasteiger partial charge in [0, 0.05) is 28.4 Å². The summed E-state index contributed by atoms with van der Waals surface area (Å²) < 4.78 is 7.71. The van der Waals surface area contributed by atoms with E-state index in [1.54, 1.807) is 0 Å². The number of aryl methyl sites for hydroxylation is 1. The van der Waals surface area contributed by atoms with Gasteiger partial charge in [0.2, 0.25) is 0 Å². The average Bonchev–Trinajstić information content (AvgIpc) is 2.98. The van der Waals surface area contributed by atoms with Crippen molar-refractivity contribution in [1.82, 2.24) is 4.57 Å². The first kappa shape index (κ1) is 18.8. The summed E-state index contributed by atoms with van der Waals surface area (Å²) in [6.07, 6.45) is 10.7. The van der Waals surface area contributed by atoms with E-state index in [9.17, 15) is 0 Å². The molecule has 26 heavy (non-hydrogen) atoms. The zero-order valence-electron chi connectivity index (χ0n) is 15.9. The van der Waals surface area contributed by atoms with Crippen molar-refractivity contribution in [3.05, 3.63) is 42.5 Å². The molecule has 0 unspecified atom stereocenters. The summed E-state index contributed by atoms with van der Waals surface area (Å²) in [5, 5.41) is 11.5. The Morgan fingerprint density at radius 3 is 2.31 bits per heavy atom. The number of benzene rings is 2. The van der Waals surface area contributed by atoms with Crippen molar-refractivity contribution in [3.8, 4) is 5.75 Å². The standard InChI is InChI=1S/C22H30BNO2/c1-2-3-4-5-6-7-8-11-16-24-21-13-10-9-12-19(21)20-17-18(26-23-25)14-15-22(20)24/h9-10,12-15,17,23,25H,2-8,11,16H2,1H3. The number of para-hydroxylation sites is 1. The summed E-state index contributed by atoms with van der Waals surface area (Å²) in [7, 11) is -0.289. The molecule has 0 saturated heterocycles. The van der Waals surface area contributed by atoms with Crippen LogP contribution in [0.2, 0.25) is 0 Å². The van der Waals surface area contributed by atoms with Crippen LogP contribution in [0.3, 0.4) is 0 Å². The van der Waals surface area contributed by atoms with Crippen LogP contribution in [-0.4, -0.2) is 17.3 Å². The first-order valence-corrected chi connectivity index (χ1v) is 10.1. The Morgan fingerprint density at radius 1 is 0.846 bits per heavy atom. The average molecular weight is 351 g/mol. The number of aromatic nitrogens is 1. The van der Waals surface area contributed by atoms with Crippen LogP contribution in [0, 0.1) is 0 Å². The van der Waals surface area contributed by atoms with E-state index in [0.717, 1.165) is 12.3 Å². The van der Waals surface area contributed by atoms with E-state index in [0.29, 0.717) is 0 Å². The summed E-state index contributed by atoms with van der Waals surface area (Å²) in [5.41, 5.74) is 2.53. The summed E-state index contributed by atoms with van der Waals surface area (Å²) >= 11 is 0. The summed E-state index contributed by atoms with van der Waals surface area (Å²) in [6, 6.07) is 14.7. The third-order valence-electron chi connectivity index (χ3n) is 5.21. The van der Waals surface area contributed by atoms with Crippen molar-refractivity contribution in [2.24, 2.45) is 0 Å². The molecule has 1 heterocycles. The number of hydrogen-bond donors (Lipinski definition) is 1. The maximum Gasteiger partial charge on any atom is 0.504 e.